The Bertz CT molecular complexity index is 22.7. The van der Waals surface area contributed by atoms with E-state index < -0.39 is 0 Å². The third kappa shape index (κ3) is 48.7. The van der Waals surface area contributed by atoms with Crippen LogP contribution in [0.4, 0.5) is 0 Å². The van der Waals surface area contributed by atoms with E-state index in [4.69, 9.17) is 0 Å². The van der Waals surface area contributed by atoms with Crippen molar-refractivity contribution in [2.24, 2.45) is 0 Å². The van der Waals surface area contributed by atoms with Crippen molar-refractivity contribution in [3.05, 3.63) is 0 Å². The van der Waals surface area contributed by atoms with Crippen LogP contribution in [0.25, 0.3) is 0 Å². The van der Waals surface area contributed by atoms with Gasteiger partial charge in [0.2, 0.25) is 0 Å². The molecule has 0 fully saturated rings. The molecule has 0 aromatic heterocycles. The molecular formula is C4H10Al2Cl4. The summed E-state index contributed by atoms with van der Waals surface area (Å²) in [4.78, 5) is 0. The van der Waals surface area contributed by atoms with Gasteiger partial charge in [-0.15, -0.1) is 0 Å². The van der Waals surface area contributed by atoms with Crippen molar-refractivity contribution in [2.75, 3.05) is 0 Å². The Kier molecular flexibility index (Phi) is 171. The zero-order chi connectivity index (χ0) is 4.12. The van der Waals surface area contributed by atoms with Crippen LogP contribution in [0.5, 0.6) is 0 Å². The van der Waals surface area contributed by atoms with Gasteiger partial charge < -0.3 is 49.6 Å². The minimum Gasteiger partial charge on any atom is -1.00 e. The Hall–Kier alpha value is 2.22. The van der Waals surface area contributed by atoms with Crippen LogP contribution in [0, 0.1) is 0 Å². The number of hydrogen-bond acceptors (Lipinski definition) is 0. The molecular weight excluding hydrogens is 244 g/mol. The smallest absolute Gasteiger partial charge is 1.00 e. The van der Waals surface area contributed by atoms with Crippen molar-refractivity contribution in [1.82, 2.24) is 0 Å². The maximum atomic E-state index is 2.25. The van der Waals surface area contributed by atoms with Crippen LogP contribution in [0.15, 0.2) is 0 Å². The molecule has 0 heterocycles. The Morgan fingerprint density at radius 3 is 1.00 bits per heavy atom. The third-order valence-electron chi connectivity index (χ3n) is 0.577. The van der Waals surface area contributed by atoms with Gasteiger partial charge in [-0.2, -0.15) is 0 Å². The van der Waals surface area contributed by atoms with Crippen LogP contribution < -0.4 is 49.6 Å². The van der Waals surface area contributed by atoms with Gasteiger partial charge in [-0.1, -0.05) is 0 Å². The molecule has 0 aliphatic carbocycles. The fraction of sp³-hybridized carbons (Fsp3) is 1.00. The minimum atomic E-state index is 0. The van der Waals surface area contributed by atoms with Crippen molar-refractivity contribution < 1.29 is 49.6 Å². The Labute approximate surface area is 106 Å². The first-order valence-corrected chi connectivity index (χ1v) is 3.86. The van der Waals surface area contributed by atoms with Gasteiger partial charge in [0.25, 0.3) is 0 Å². The maximum absolute atomic E-state index is 2.25. The summed E-state index contributed by atoms with van der Waals surface area (Å²) in [6.07, 6.45) is 0. The molecule has 0 radical (unpaired) electrons. The Morgan fingerprint density at radius 1 is 0.800 bits per heavy atom. The zero-order valence-corrected chi connectivity index (χ0v) is 11.4. The average molecular weight is 254 g/mol. The van der Waals surface area contributed by atoms with Gasteiger partial charge in [0.1, 0.15) is 0 Å². The van der Waals surface area contributed by atoms with Gasteiger partial charge in [0, 0.05) is 0 Å². The van der Waals surface area contributed by atoms with E-state index in [0.717, 1.165) is 15.2 Å². The fourth-order valence-electron chi connectivity index (χ4n) is 0.289. The Morgan fingerprint density at radius 2 is 1.00 bits per heavy atom. The van der Waals surface area contributed by atoms with E-state index in [0.29, 0.717) is 0 Å². The molecule has 0 N–H and O–H groups in total. The largest absolute Gasteiger partial charge is 3.00 e. The molecule has 0 aromatic carbocycles. The molecule has 0 bridgehead atoms. The normalized spacial score (nSPS) is 3.40. The van der Waals surface area contributed by atoms with Gasteiger partial charge >= 0.3 is 57.0 Å². The van der Waals surface area contributed by atoms with Crippen molar-refractivity contribution in [3.8, 4) is 0 Å². The van der Waals surface area contributed by atoms with Gasteiger partial charge in [0.05, 0.1) is 0 Å². The molecule has 0 aliphatic rings. The second-order valence-electron chi connectivity index (χ2n) is 1.11. The van der Waals surface area contributed by atoms with E-state index in [1.807, 2.05) is 0 Å². The van der Waals surface area contributed by atoms with Crippen LogP contribution in [0.3, 0.4) is 0 Å². The zero-order valence-electron chi connectivity index (χ0n) is 6.08. The summed E-state index contributed by atoms with van der Waals surface area (Å²) in [5.74, 6) is 0. The van der Waals surface area contributed by atoms with Gasteiger partial charge in [0.15, 0.2) is 0 Å². The average Bonchev–Trinajstić information content (AvgIpc) is 1.41. The van der Waals surface area contributed by atoms with Crippen molar-refractivity contribution >= 4 is 32.6 Å². The number of halogens is 4. The molecule has 0 saturated heterocycles. The standard InChI is InChI=1S/2C2H5.2Al.4ClH/c2*1-2;;;;;;/h2*1H2,2H3;;;4*1H/q;;+1;+3;;;;/p-4. The summed E-state index contributed by atoms with van der Waals surface area (Å²) < 4.78 is 0. The molecule has 0 aromatic rings. The molecule has 6 heteroatoms. The van der Waals surface area contributed by atoms with E-state index in [2.05, 4.69) is 13.8 Å². The summed E-state index contributed by atoms with van der Waals surface area (Å²) in [5, 5.41) is 2.85. The third-order valence-corrected chi connectivity index (χ3v) is 1.73. The maximum Gasteiger partial charge on any atom is 3.00 e. The van der Waals surface area contributed by atoms with Gasteiger partial charge in [-0.05, 0) is 0 Å². The molecule has 0 rings (SSSR count). The number of hydrogen-bond donors (Lipinski definition) is 0. The monoisotopic (exact) mass is 252 g/mol. The van der Waals surface area contributed by atoms with E-state index in [-0.39, 0.29) is 67.0 Å². The van der Waals surface area contributed by atoms with Crippen molar-refractivity contribution in [1.29, 1.82) is 0 Å². The van der Waals surface area contributed by atoms with Crippen molar-refractivity contribution in [3.63, 3.8) is 0 Å². The van der Waals surface area contributed by atoms with E-state index in [9.17, 15) is 0 Å². The van der Waals surface area contributed by atoms with Gasteiger partial charge in [-0.3, -0.25) is 0 Å². The van der Waals surface area contributed by atoms with E-state index in [1.165, 1.54) is 10.6 Å². The first-order valence-electron chi connectivity index (χ1n) is 2.23. The second kappa shape index (κ2) is 43.0. The Balaban J connectivity index is -0.00000000800. The van der Waals surface area contributed by atoms with E-state index >= 15 is 0 Å². The van der Waals surface area contributed by atoms with Crippen molar-refractivity contribution in [2.45, 2.75) is 24.4 Å². The molecule has 60 valence electrons. The summed E-state index contributed by atoms with van der Waals surface area (Å²) in [5.41, 5.74) is 0. The molecule has 0 saturated carbocycles. The predicted octanol–water partition coefficient (Wildman–Crippen LogP) is -10.8. The van der Waals surface area contributed by atoms with E-state index in [1.54, 1.807) is 0 Å². The first-order chi connectivity index (χ1) is 2.41. The summed E-state index contributed by atoms with van der Waals surface area (Å²) in [7, 11) is 0. The summed E-state index contributed by atoms with van der Waals surface area (Å²) in [6, 6.07) is 0. The first kappa shape index (κ1) is 39.8. The molecule has 0 aliphatic heterocycles. The molecule has 0 spiro atoms. The van der Waals surface area contributed by atoms with Crippen LogP contribution >= 0.6 is 0 Å². The summed E-state index contributed by atoms with van der Waals surface area (Å²) in [6.45, 7) is 4.50. The van der Waals surface area contributed by atoms with Crippen LogP contribution in [-0.2, 0) is 0 Å². The minimum absolute atomic E-state index is 0. The molecule has 0 unspecified atom stereocenters. The number of rotatable bonds is 2. The SMILES string of the molecule is C[CH2][Al+][CH2]C.[Al+3].[Cl-].[Cl-].[Cl-].[Cl-]. The predicted molar refractivity (Wildman–Crippen MR) is 32.5 cm³/mol. The second-order valence-corrected chi connectivity index (χ2v) is 3.32. The molecule has 0 nitrogen and oxygen atoms in total. The fourth-order valence-corrected chi connectivity index (χ4v) is 0.866. The molecule has 0 atom stereocenters. The quantitative estimate of drug-likeness (QED) is 0.429. The molecule has 0 amide bonds. The molecule has 10 heavy (non-hydrogen) atoms. The summed E-state index contributed by atoms with van der Waals surface area (Å²) >= 11 is 0.815. The van der Waals surface area contributed by atoms with Crippen LogP contribution in [-0.4, -0.2) is 32.6 Å². The topological polar surface area (TPSA) is 0 Å². The van der Waals surface area contributed by atoms with Gasteiger partial charge in [-0.25, -0.2) is 0 Å². The van der Waals surface area contributed by atoms with Crippen LogP contribution in [0.2, 0.25) is 10.6 Å². The van der Waals surface area contributed by atoms with Crippen LogP contribution in [0.1, 0.15) is 13.8 Å².